The second kappa shape index (κ2) is 8.96. The Morgan fingerprint density at radius 2 is 1.75 bits per heavy atom. The Balaban J connectivity index is 1.44. The van der Waals surface area contributed by atoms with Gasteiger partial charge < -0.3 is 10.1 Å². The molecular formula is C29H21N5O2. The van der Waals surface area contributed by atoms with Crippen molar-refractivity contribution in [2.24, 2.45) is 0 Å². The van der Waals surface area contributed by atoms with E-state index in [-0.39, 0.29) is 0 Å². The first-order valence-electron chi connectivity index (χ1n) is 11.5. The van der Waals surface area contributed by atoms with Crippen LogP contribution in [0, 0.1) is 0 Å². The smallest absolute Gasteiger partial charge is 0.335 e. The van der Waals surface area contributed by atoms with Crippen molar-refractivity contribution in [3.63, 3.8) is 0 Å². The molecule has 0 spiro atoms. The van der Waals surface area contributed by atoms with E-state index in [2.05, 4.69) is 58.4 Å². The number of nitrogens with one attached hydrogen (secondary N) is 1. The largest absolute Gasteiger partial charge is 0.423 e. The van der Waals surface area contributed by atoms with Gasteiger partial charge in [0.2, 0.25) is 0 Å². The number of ether oxygens (including phenoxy) is 1. The van der Waals surface area contributed by atoms with Gasteiger partial charge in [-0.1, -0.05) is 61.2 Å². The maximum Gasteiger partial charge on any atom is 0.335 e. The third-order valence-corrected chi connectivity index (χ3v) is 5.99. The molecule has 2 aromatic heterocycles. The SMILES string of the molecule is C=CC(=O)Oc1ccc2ncnc(Nc3cc4cn(Cc5ccccc5)nc4c4ccccc34)c2c1. The summed E-state index contributed by atoms with van der Waals surface area (Å²) < 4.78 is 7.27. The quantitative estimate of drug-likeness (QED) is 0.182. The Hall–Kier alpha value is -5.04. The second-order valence-corrected chi connectivity index (χ2v) is 8.37. The molecule has 1 N–H and O–H groups in total. The van der Waals surface area contributed by atoms with E-state index in [9.17, 15) is 4.79 Å². The van der Waals surface area contributed by atoms with Crippen LogP contribution >= 0.6 is 0 Å². The average Bonchev–Trinajstić information content (AvgIpc) is 3.32. The number of benzene rings is 4. The number of nitrogens with zero attached hydrogens (tertiary/aromatic N) is 4. The molecule has 0 aliphatic carbocycles. The third kappa shape index (κ3) is 4.03. The molecule has 0 radical (unpaired) electrons. The summed E-state index contributed by atoms with van der Waals surface area (Å²) in [6, 6.07) is 25.8. The Kier molecular flexibility index (Phi) is 5.35. The molecule has 174 valence electrons. The number of aromatic nitrogens is 4. The summed E-state index contributed by atoms with van der Waals surface area (Å²) in [5, 5.41) is 12.2. The lowest BCUT2D eigenvalue weighted by Gasteiger charge is -2.12. The van der Waals surface area contributed by atoms with Crippen molar-refractivity contribution in [3.8, 4) is 5.75 Å². The maximum atomic E-state index is 11.7. The lowest BCUT2D eigenvalue weighted by molar-refractivity contribution is -0.128. The first kappa shape index (κ1) is 21.5. The lowest BCUT2D eigenvalue weighted by Crippen LogP contribution is -2.03. The van der Waals surface area contributed by atoms with E-state index in [4.69, 9.17) is 9.84 Å². The van der Waals surface area contributed by atoms with Crippen LogP contribution in [0.2, 0.25) is 0 Å². The van der Waals surface area contributed by atoms with Crippen LogP contribution in [0.1, 0.15) is 5.56 Å². The molecule has 0 atom stereocenters. The predicted molar refractivity (Wildman–Crippen MR) is 141 cm³/mol. The minimum absolute atomic E-state index is 0.396. The highest BCUT2D eigenvalue weighted by molar-refractivity contribution is 6.12. The summed E-state index contributed by atoms with van der Waals surface area (Å²) in [6.07, 6.45) is 4.70. The van der Waals surface area contributed by atoms with E-state index >= 15 is 0 Å². The van der Waals surface area contributed by atoms with Gasteiger partial charge >= 0.3 is 5.97 Å². The van der Waals surface area contributed by atoms with E-state index in [0.717, 1.165) is 44.3 Å². The molecule has 0 aliphatic heterocycles. The van der Waals surface area contributed by atoms with Gasteiger partial charge in [0.15, 0.2) is 0 Å². The number of carbonyl (C=O) groups excluding carboxylic acids is 1. The molecule has 6 rings (SSSR count). The molecule has 0 aliphatic rings. The van der Waals surface area contributed by atoms with Gasteiger partial charge in [-0.2, -0.15) is 5.10 Å². The Bertz CT molecular complexity index is 1760. The number of hydrogen-bond acceptors (Lipinski definition) is 6. The minimum Gasteiger partial charge on any atom is -0.423 e. The van der Waals surface area contributed by atoms with Crippen molar-refractivity contribution >= 4 is 50.1 Å². The highest BCUT2D eigenvalue weighted by Gasteiger charge is 2.13. The molecular weight excluding hydrogens is 450 g/mol. The monoisotopic (exact) mass is 471 g/mol. The number of esters is 1. The van der Waals surface area contributed by atoms with Crippen molar-refractivity contribution in [2.75, 3.05) is 5.32 Å². The number of hydrogen-bond donors (Lipinski definition) is 1. The molecule has 0 unspecified atom stereocenters. The zero-order valence-electron chi connectivity index (χ0n) is 19.3. The fourth-order valence-electron chi connectivity index (χ4n) is 4.35. The van der Waals surface area contributed by atoms with Crippen LogP contribution in [-0.2, 0) is 11.3 Å². The van der Waals surface area contributed by atoms with Crippen LogP contribution in [0.4, 0.5) is 11.5 Å². The third-order valence-electron chi connectivity index (χ3n) is 5.99. The molecule has 36 heavy (non-hydrogen) atoms. The molecule has 0 bridgehead atoms. The van der Waals surface area contributed by atoms with Gasteiger partial charge in [0, 0.05) is 39.5 Å². The molecule has 7 nitrogen and oxygen atoms in total. The number of carbonyl (C=O) groups is 1. The minimum atomic E-state index is -0.523. The molecule has 0 saturated heterocycles. The fourth-order valence-corrected chi connectivity index (χ4v) is 4.35. The van der Waals surface area contributed by atoms with Gasteiger partial charge in [0.1, 0.15) is 23.4 Å². The van der Waals surface area contributed by atoms with Crippen LogP contribution in [0.3, 0.4) is 0 Å². The zero-order chi connectivity index (χ0) is 24.5. The summed E-state index contributed by atoms with van der Waals surface area (Å²) in [6.45, 7) is 4.14. The van der Waals surface area contributed by atoms with Crippen molar-refractivity contribution in [2.45, 2.75) is 6.54 Å². The van der Waals surface area contributed by atoms with Gasteiger partial charge in [-0.25, -0.2) is 14.8 Å². The molecule has 7 heteroatoms. The van der Waals surface area contributed by atoms with E-state index in [1.807, 2.05) is 35.0 Å². The molecule has 0 amide bonds. The highest BCUT2D eigenvalue weighted by atomic mass is 16.5. The first-order valence-corrected chi connectivity index (χ1v) is 11.5. The Morgan fingerprint density at radius 3 is 2.58 bits per heavy atom. The van der Waals surface area contributed by atoms with Crippen LogP contribution in [-0.4, -0.2) is 25.7 Å². The van der Waals surface area contributed by atoms with Crippen molar-refractivity contribution < 1.29 is 9.53 Å². The van der Waals surface area contributed by atoms with E-state index < -0.39 is 5.97 Å². The van der Waals surface area contributed by atoms with E-state index in [1.165, 1.54) is 11.9 Å². The first-order chi connectivity index (χ1) is 17.7. The van der Waals surface area contributed by atoms with Crippen LogP contribution in [0.25, 0.3) is 32.6 Å². The van der Waals surface area contributed by atoms with E-state index in [0.29, 0.717) is 18.1 Å². The van der Waals surface area contributed by atoms with Gasteiger partial charge in [-0.3, -0.25) is 4.68 Å². The summed E-state index contributed by atoms with van der Waals surface area (Å²) in [5.41, 5.74) is 3.75. The number of anilines is 2. The molecule has 0 saturated carbocycles. The van der Waals surface area contributed by atoms with Gasteiger partial charge in [-0.05, 0) is 29.8 Å². The number of rotatable bonds is 6. The maximum absolute atomic E-state index is 11.7. The van der Waals surface area contributed by atoms with Crippen LogP contribution < -0.4 is 10.1 Å². The molecule has 6 aromatic rings. The van der Waals surface area contributed by atoms with Gasteiger partial charge in [0.05, 0.1) is 12.1 Å². The number of fused-ring (bicyclic) bond motifs is 4. The van der Waals surface area contributed by atoms with Crippen molar-refractivity contribution in [1.82, 2.24) is 19.7 Å². The standard InChI is InChI=1S/C29H21N5O2/c1-2-27(35)36-21-12-13-25-24(15-21)29(31-18-30-25)32-26-14-20-17-34(16-19-8-4-3-5-9-19)33-28(20)23-11-7-6-10-22(23)26/h2-15,17-18H,1,16H2,(H,30,31,32). The Morgan fingerprint density at radius 1 is 0.944 bits per heavy atom. The zero-order valence-corrected chi connectivity index (χ0v) is 19.3. The topological polar surface area (TPSA) is 81.9 Å². The molecule has 4 aromatic carbocycles. The van der Waals surface area contributed by atoms with Crippen molar-refractivity contribution in [3.05, 3.63) is 110 Å². The van der Waals surface area contributed by atoms with E-state index in [1.54, 1.807) is 18.2 Å². The molecule has 0 fully saturated rings. The summed E-state index contributed by atoms with van der Waals surface area (Å²) in [4.78, 5) is 20.5. The highest BCUT2D eigenvalue weighted by Crippen LogP contribution is 2.34. The lowest BCUT2D eigenvalue weighted by atomic mass is 10.1. The summed E-state index contributed by atoms with van der Waals surface area (Å²) in [5.74, 6) is 0.482. The predicted octanol–water partition coefficient (Wildman–Crippen LogP) is 6.02. The average molecular weight is 472 g/mol. The van der Waals surface area contributed by atoms with Crippen LogP contribution in [0.5, 0.6) is 5.75 Å². The van der Waals surface area contributed by atoms with Crippen molar-refractivity contribution in [1.29, 1.82) is 0 Å². The van der Waals surface area contributed by atoms with Crippen LogP contribution in [0.15, 0.2) is 104 Å². The van der Waals surface area contributed by atoms with Gasteiger partial charge in [0.25, 0.3) is 0 Å². The second-order valence-electron chi connectivity index (χ2n) is 8.37. The Labute approximate surface area is 206 Å². The fraction of sp³-hybridized carbons (Fsp3) is 0.0345. The van der Waals surface area contributed by atoms with Gasteiger partial charge in [-0.15, -0.1) is 0 Å². The summed E-state index contributed by atoms with van der Waals surface area (Å²) >= 11 is 0. The normalized spacial score (nSPS) is 11.1. The molecule has 2 heterocycles. The summed E-state index contributed by atoms with van der Waals surface area (Å²) in [7, 11) is 0.